The van der Waals surface area contributed by atoms with Crippen LogP contribution in [0.4, 0.5) is 0 Å². The lowest BCUT2D eigenvalue weighted by Gasteiger charge is -2.10. The van der Waals surface area contributed by atoms with Crippen LogP contribution in [0, 0.1) is 0 Å². The van der Waals surface area contributed by atoms with Crippen molar-refractivity contribution in [3.63, 3.8) is 0 Å². The molecular weight excluding hydrogens is 264 g/mol. The Morgan fingerprint density at radius 2 is 1.47 bits per heavy atom. The highest BCUT2D eigenvalue weighted by molar-refractivity contribution is 7.99. The van der Waals surface area contributed by atoms with Gasteiger partial charge in [0.1, 0.15) is 0 Å². The fraction of sp³-hybridized carbons (Fsp3) is 0. The Morgan fingerprint density at radius 3 is 2.05 bits per heavy atom. The zero-order valence-electron chi connectivity index (χ0n) is 9.66. The minimum atomic E-state index is -1.24. The van der Waals surface area contributed by atoms with Crippen LogP contribution in [-0.2, 0) is 0 Å². The average Bonchev–Trinajstić information content (AvgIpc) is 2.39. The van der Waals surface area contributed by atoms with Crippen LogP contribution < -0.4 is 10.2 Å². The summed E-state index contributed by atoms with van der Waals surface area (Å²) in [6.07, 6.45) is 0. The van der Waals surface area contributed by atoms with Crippen molar-refractivity contribution in [1.29, 1.82) is 0 Å². The summed E-state index contributed by atoms with van der Waals surface area (Å²) in [5.74, 6) is -2.49. The van der Waals surface area contributed by atoms with Crippen molar-refractivity contribution >= 4 is 23.7 Å². The first-order valence-electron chi connectivity index (χ1n) is 5.37. The van der Waals surface area contributed by atoms with Crippen molar-refractivity contribution < 1.29 is 19.8 Å². The van der Waals surface area contributed by atoms with E-state index in [0.29, 0.717) is 4.90 Å². The number of hydrogen-bond donors (Lipinski definition) is 0. The van der Waals surface area contributed by atoms with E-state index in [9.17, 15) is 19.8 Å². The molecular formula is C14H8O4S-2. The normalized spacial score (nSPS) is 10.1. The molecule has 0 unspecified atom stereocenters. The minimum absolute atomic E-state index is 0.0811. The monoisotopic (exact) mass is 272 g/mol. The van der Waals surface area contributed by atoms with Crippen LogP contribution in [0.15, 0.2) is 58.3 Å². The van der Waals surface area contributed by atoms with Gasteiger partial charge in [-0.05, 0) is 23.8 Å². The summed E-state index contributed by atoms with van der Waals surface area (Å²) >= 11 is 1.23. The molecule has 2 aromatic rings. The summed E-state index contributed by atoms with van der Waals surface area (Å²) in [5, 5.41) is 21.6. The predicted molar refractivity (Wildman–Crippen MR) is 65.7 cm³/mol. The fourth-order valence-electron chi connectivity index (χ4n) is 1.51. The molecule has 0 saturated carbocycles. The molecule has 0 radical (unpaired) electrons. The second kappa shape index (κ2) is 5.58. The second-order valence-electron chi connectivity index (χ2n) is 3.70. The first-order chi connectivity index (χ1) is 9.08. The van der Waals surface area contributed by atoms with E-state index in [0.717, 1.165) is 4.90 Å². The second-order valence-corrected chi connectivity index (χ2v) is 4.81. The molecule has 4 nitrogen and oxygen atoms in total. The lowest BCUT2D eigenvalue weighted by atomic mass is 10.2. The molecule has 19 heavy (non-hydrogen) atoms. The summed E-state index contributed by atoms with van der Waals surface area (Å²) in [5.41, 5.74) is 0.189. The summed E-state index contributed by atoms with van der Waals surface area (Å²) in [6.45, 7) is 0. The van der Waals surface area contributed by atoms with E-state index in [1.165, 1.54) is 30.0 Å². The Bertz CT molecular complexity index is 620. The van der Waals surface area contributed by atoms with Crippen LogP contribution in [0.2, 0.25) is 0 Å². The fourth-order valence-corrected chi connectivity index (χ4v) is 2.44. The van der Waals surface area contributed by atoms with Gasteiger partial charge in [0.15, 0.2) is 0 Å². The van der Waals surface area contributed by atoms with Gasteiger partial charge in [-0.15, -0.1) is 0 Å². The number of carbonyl (C=O) groups is 2. The maximum absolute atomic E-state index is 10.9. The number of benzene rings is 2. The first-order valence-corrected chi connectivity index (χ1v) is 6.19. The van der Waals surface area contributed by atoms with Gasteiger partial charge < -0.3 is 19.8 Å². The zero-order valence-corrected chi connectivity index (χ0v) is 10.5. The molecule has 2 rings (SSSR count). The quantitative estimate of drug-likeness (QED) is 0.812. The third-order valence-electron chi connectivity index (χ3n) is 2.42. The van der Waals surface area contributed by atoms with Crippen molar-refractivity contribution in [2.45, 2.75) is 9.79 Å². The maximum Gasteiger partial charge on any atom is 0.0726 e. The van der Waals surface area contributed by atoms with Crippen LogP contribution in [0.25, 0.3) is 0 Å². The lowest BCUT2D eigenvalue weighted by molar-refractivity contribution is -0.256. The molecule has 96 valence electrons. The molecule has 0 atom stereocenters. The SMILES string of the molecule is O=C([O-])c1ccc(Sc2ccccc2C(=O)[O-])cc1. The van der Waals surface area contributed by atoms with Crippen molar-refractivity contribution in [3.05, 3.63) is 59.7 Å². The van der Waals surface area contributed by atoms with Gasteiger partial charge in [-0.1, -0.05) is 42.1 Å². The van der Waals surface area contributed by atoms with Crippen LogP contribution in [0.3, 0.4) is 0 Å². The molecule has 0 bridgehead atoms. The zero-order chi connectivity index (χ0) is 13.8. The van der Waals surface area contributed by atoms with Crippen LogP contribution >= 0.6 is 11.8 Å². The van der Waals surface area contributed by atoms with Crippen LogP contribution in [0.5, 0.6) is 0 Å². The number of aromatic carboxylic acids is 2. The van der Waals surface area contributed by atoms with Gasteiger partial charge in [-0.2, -0.15) is 0 Å². The lowest BCUT2D eigenvalue weighted by Crippen LogP contribution is -2.22. The number of rotatable bonds is 4. The first kappa shape index (κ1) is 13.2. The van der Waals surface area contributed by atoms with Gasteiger partial charge in [0, 0.05) is 15.4 Å². The molecule has 0 aliphatic rings. The highest BCUT2D eigenvalue weighted by atomic mass is 32.2. The Hall–Kier alpha value is -2.27. The van der Waals surface area contributed by atoms with Gasteiger partial charge in [-0.25, -0.2) is 0 Å². The molecule has 5 heteroatoms. The Kier molecular flexibility index (Phi) is 3.87. The van der Waals surface area contributed by atoms with Crippen molar-refractivity contribution in [2.75, 3.05) is 0 Å². The molecule has 0 N–H and O–H groups in total. The average molecular weight is 272 g/mol. The van der Waals surface area contributed by atoms with Gasteiger partial charge in [0.05, 0.1) is 11.9 Å². The number of hydrogen-bond acceptors (Lipinski definition) is 5. The summed E-state index contributed by atoms with van der Waals surface area (Å²) in [7, 11) is 0. The van der Waals surface area contributed by atoms with Crippen LogP contribution in [0.1, 0.15) is 20.7 Å². The van der Waals surface area contributed by atoms with Gasteiger partial charge in [0.25, 0.3) is 0 Å². The Morgan fingerprint density at radius 1 is 0.842 bits per heavy atom. The molecule has 0 heterocycles. The van der Waals surface area contributed by atoms with E-state index in [2.05, 4.69) is 0 Å². The van der Waals surface area contributed by atoms with Crippen molar-refractivity contribution in [3.8, 4) is 0 Å². The molecule has 2 aromatic carbocycles. The third kappa shape index (κ3) is 3.14. The molecule has 0 saturated heterocycles. The van der Waals surface area contributed by atoms with Crippen molar-refractivity contribution in [1.82, 2.24) is 0 Å². The number of carboxylic acid groups (broad SMARTS) is 2. The van der Waals surface area contributed by atoms with Crippen molar-refractivity contribution in [2.24, 2.45) is 0 Å². The Balaban J connectivity index is 2.26. The highest BCUT2D eigenvalue weighted by Crippen LogP contribution is 2.30. The van der Waals surface area contributed by atoms with Gasteiger partial charge >= 0.3 is 0 Å². The Labute approximate surface area is 113 Å². The number of carboxylic acids is 2. The van der Waals surface area contributed by atoms with E-state index in [1.54, 1.807) is 30.3 Å². The molecule has 0 aliphatic heterocycles. The van der Waals surface area contributed by atoms with E-state index < -0.39 is 11.9 Å². The third-order valence-corrected chi connectivity index (χ3v) is 3.51. The molecule has 0 aliphatic carbocycles. The summed E-state index contributed by atoms with van der Waals surface area (Å²) in [4.78, 5) is 22.8. The molecule has 0 aromatic heterocycles. The predicted octanol–water partition coefficient (Wildman–Crippen LogP) is 0.565. The maximum atomic E-state index is 10.9. The highest BCUT2D eigenvalue weighted by Gasteiger charge is 2.04. The van der Waals surface area contributed by atoms with Gasteiger partial charge in [-0.3, -0.25) is 0 Å². The summed E-state index contributed by atoms with van der Waals surface area (Å²) < 4.78 is 0. The van der Waals surface area contributed by atoms with E-state index in [-0.39, 0.29) is 11.1 Å². The molecule has 0 spiro atoms. The minimum Gasteiger partial charge on any atom is -0.545 e. The van der Waals surface area contributed by atoms with Gasteiger partial charge in [0.2, 0.25) is 0 Å². The number of carbonyl (C=O) groups excluding carboxylic acids is 2. The largest absolute Gasteiger partial charge is 0.545 e. The molecule has 0 amide bonds. The van der Waals surface area contributed by atoms with Crippen LogP contribution in [-0.4, -0.2) is 11.9 Å². The van der Waals surface area contributed by atoms with E-state index in [4.69, 9.17) is 0 Å². The van der Waals surface area contributed by atoms with E-state index >= 15 is 0 Å². The smallest absolute Gasteiger partial charge is 0.0726 e. The van der Waals surface area contributed by atoms with E-state index in [1.807, 2.05) is 0 Å². The topological polar surface area (TPSA) is 80.3 Å². The standard InChI is InChI=1S/C14H10O4S/c15-13(16)9-5-7-10(8-6-9)19-12-4-2-1-3-11(12)14(17)18/h1-8H,(H,15,16)(H,17,18)/p-2. The summed E-state index contributed by atoms with van der Waals surface area (Å²) in [6, 6.07) is 12.5. The molecule has 0 fully saturated rings.